The molecule has 0 aliphatic rings. The minimum atomic E-state index is -0.0883. The molecule has 0 amide bonds. The lowest BCUT2D eigenvalue weighted by Crippen LogP contribution is -1.99. The maximum Gasteiger partial charge on any atom is 0.305 e. The van der Waals surface area contributed by atoms with Gasteiger partial charge in [-0.05, 0) is 25.7 Å². The Balaban J connectivity index is 3.16. The van der Waals surface area contributed by atoms with Crippen LogP contribution in [-0.2, 0) is 14.3 Å². The fourth-order valence-electron chi connectivity index (χ4n) is 1.89. The molecule has 116 valence electrons. The molecular formula is C17H30O3. The maximum atomic E-state index is 10.9. The number of carbonyl (C=O) groups excluding carboxylic acids is 1. The van der Waals surface area contributed by atoms with E-state index in [0.29, 0.717) is 13.0 Å². The first kappa shape index (κ1) is 18.9. The summed E-state index contributed by atoms with van der Waals surface area (Å²) >= 11 is 0. The number of hydrogen-bond acceptors (Lipinski definition) is 3. The first-order valence-corrected chi connectivity index (χ1v) is 7.67. The van der Waals surface area contributed by atoms with Crippen LogP contribution in [0.5, 0.6) is 0 Å². The number of allylic oxidation sites excluding steroid dienone is 3. The molecule has 0 aromatic rings. The molecule has 0 spiro atoms. The number of rotatable bonds is 13. The number of ether oxygens (including phenoxy) is 2. The van der Waals surface area contributed by atoms with Crippen LogP contribution in [0, 0.1) is 0 Å². The summed E-state index contributed by atoms with van der Waals surface area (Å²) in [7, 11) is 3.15. The number of hydrogen-bond donors (Lipinski definition) is 0. The fourth-order valence-corrected chi connectivity index (χ4v) is 1.89. The second kappa shape index (κ2) is 16.0. The van der Waals surface area contributed by atoms with Crippen molar-refractivity contribution in [2.24, 2.45) is 0 Å². The van der Waals surface area contributed by atoms with E-state index < -0.39 is 0 Å². The van der Waals surface area contributed by atoms with Gasteiger partial charge in [0.1, 0.15) is 0 Å². The molecule has 0 heterocycles. The first-order valence-electron chi connectivity index (χ1n) is 7.67. The van der Waals surface area contributed by atoms with Crippen molar-refractivity contribution in [3.63, 3.8) is 0 Å². The van der Waals surface area contributed by atoms with Gasteiger partial charge in [-0.15, -0.1) is 0 Å². The normalized spacial score (nSPS) is 11.5. The summed E-state index contributed by atoms with van der Waals surface area (Å²) in [6, 6.07) is 0. The smallest absolute Gasteiger partial charge is 0.305 e. The van der Waals surface area contributed by atoms with Crippen LogP contribution in [-0.4, -0.2) is 26.8 Å². The van der Waals surface area contributed by atoms with E-state index in [-0.39, 0.29) is 5.97 Å². The topological polar surface area (TPSA) is 35.5 Å². The third-order valence-electron chi connectivity index (χ3n) is 3.10. The quantitative estimate of drug-likeness (QED) is 0.285. The zero-order valence-electron chi connectivity index (χ0n) is 13.1. The molecule has 0 aromatic carbocycles. The second-order valence-electron chi connectivity index (χ2n) is 4.87. The molecule has 3 nitrogen and oxygen atoms in total. The fraction of sp³-hybridized carbons (Fsp3) is 0.706. The maximum absolute atomic E-state index is 10.9. The van der Waals surface area contributed by atoms with Crippen molar-refractivity contribution in [1.82, 2.24) is 0 Å². The van der Waals surface area contributed by atoms with Crippen molar-refractivity contribution in [2.45, 2.75) is 57.8 Å². The van der Waals surface area contributed by atoms with Crippen molar-refractivity contribution < 1.29 is 14.3 Å². The molecular weight excluding hydrogens is 252 g/mol. The molecule has 0 bridgehead atoms. The summed E-state index contributed by atoms with van der Waals surface area (Å²) in [4.78, 5) is 10.9. The Morgan fingerprint density at radius 3 is 2.20 bits per heavy atom. The van der Waals surface area contributed by atoms with Crippen molar-refractivity contribution in [2.75, 3.05) is 20.8 Å². The van der Waals surface area contributed by atoms with Crippen molar-refractivity contribution in [3.05, 3.63) is 24.3 Å². The van der Waals surface area contributed by atoms with Crippen LogP contribution in [0.2, 0.25) is 0 Å². The van der Waals surface area contributed by atoms with E-state index >= 15 is 0 Å². The summed E-state index contributed by atoms with van der Waals surface area (Å²) in [5, 5.41) is 0. The minimum Gasteiger partial charge on any atom is -0.469 e. The highest BCUT2D eigenvalue weighted by Gasteiger charge is 1.98. The third-order valence-corrected chi connectivity index (χ3v) is 3.10. The molecule has 0 aliphatic heterocycles. The SMILES string of the molecule is COCC=CCC=CCCCCCCCCC(=O)OC. The van der Waals surface area contributed by atoms with Crippen LogP contribution in [0.15, 0.2) is 24.3 Å². The largest absolute Gasteiger partial charge is 0.469 e. The zero-order chi connectivity index (χ0) is 14.9. The Bertz CT molecular complexity index is 269. The van der Waals surface area contributed by atoms with E-state index in [1.54, 1.807) is 7.11 Å². The van der Waals surface area contributed by atoms with Gasteiger partial charge in [0, 0.05) is 13.5 Å². The molecule has 0 N–H and O–H groups in total. The first-order chi connectivity index (χ1) is 9.81. The lowest BCUT2D eigenvalue weighted by atomic mass is 10.1. The van der Waals surface area contributed by atoms with Crippen LogP contribution < -0.4 is 0 Å². The van der Waals surface area contributed by atoms with Gasteiger partial charge in [-0.1, -0.05) is 50.0 Å². The van der Waals surface area contributed by atoms with Crippen LogP contribution in [0.25, 0.3) is 0 Å². The second-order valence-corrected chi connectivity index (χ2v) is 4.87. The van der Waals surface area contributed by atoms with Gasteiger partial charge in [-0.2, -0.15) is 0 Å². The van der Waals surface area contributed by atoms with Gasteiger partial charge in [0.2, 0.25) is 0 Å². The predicted octanol–water partition coefficient (Wildman–Crippen LogP) is 4.43. The van der Waals surface area contributed by atoms with Gasteiger partial charge in [-0.25, -0.2) is 0 Å². The van der Waals surface area contributed by atoms with E-state index in [4.69, 9.17) is 4.74 Å². The van der Waals surface area contributed by atoms with Gasteiger partial charge >= 0.3 is 5.97 Å². The van der Waals surface area contributed by atoms with Gasteiger partial charge in [0.05, 0.1) is 13.7 Å². The lowest BCUT2D eigenvalue weighted by Gasteiger charge is -2.00. The molecule has 3 heteroatoms. The highest BCUT2D eigenvalue weighted by Crippen LogP contribution is 2.09. The van der Waals surface area contributed by atoms with Crippen LogP contribution in [0.1, 0.15) is 57.8 Å². The van der Waals surface area contributed by atoms with Crippen LogP contribution in [0.4, 0.5) is 0 Å². The van der Waals surface area contributed by atoms with Crippen molar-refractivity contribution in [3.8, 4) is 0 Å². The van der Waals surface area contributed by atoms with Gasteiger partial charge in [-0.3, -0.25) is 4.79 Å². The monoisotopic (exact) mass is 282 g/mol. The Morgan fingerprint density at radius 1 is 0.850 bits per heavy atom. The molecule has 0 fully saturated rings. The highest BCUT2D eigenvalue weighted by atomic mass is 16.5. The predicted molar refractivity (Wildman–Crippen MR) is 83.7 cm³/mol. The van der Waals surface area contributed by atoms with E-state index in [9.17, 15) is 4.79 Å². The van der Waals surface area contributed by atoms with Crippen molar-refractivity contribution >= 4 is 5.97 Å². The van der Waals surface area contributed by atoms with E-state index in [1.807, 2.05) is 6.08 Å². The van der Waals surface area contributed by atoms with E-state index in [2.05, 4.69) is 23.0 Å². The van der Waals surface area contributed by atoms with E-state index in [1.165, 1.54) is 39.2 Å². The number of methoxy groups -OCH3 is 2. The molecule has 0 unspecified atom stereocenters. The van der Waals surface area contributed by atoms with Crippen molar-refractivity contribution in [1.29, 1.82) is 0 Å². The average Bonchev–Trinajstić information content (AvgIpc) is 2.47. The molecule has 20 heavy (non-hydrogen) atoms. The molecule has 0 rings (SSSR count). The summed E-state index contributed by atoms with van der Waals surface area (Å²) in [5.74, 6) is -0.0883. The van der Waals surface area contributed by atoms with E-state index in [0.717, 1.165) is 19.3 Å². The average molecular weight is 282 g/mol. The summed E-state index contributed by atoms with van der Waals surface area (Å²) in [6.45, 7) is 0.698. The number of unbranched alkanes of at least 4 members (excludes halogenated alkanes) is 6. The lowest BCUT2D eigenvalue weighted by molar-refractivity contribution is -0.140. The summed E-state index contributed by atoms with van der Waals surface area (Å²) in [5.41, 5.74) is 0. The van der Waals surface area contributed by atoms with Gasteiger partial charge in [0.25, 0.3) is 0 Å². The van der Waals surface area contributed by atoms with Crippen LogP contribution >= 0.6 is 0 Å². The number of esters is 1. The molecule has 0 saturated carbocycles. The summed E-state index contributed by atoms with van der Waals surface area (Å²) < 4.78 is 9.53. The third kappa shape index (κ3) is 15.0. The Kier molecular flexibility index (Phi) is 15.1. The van der Waals surface area contributed by atoms with Gasteiger partial charge < -0.3 is 9.47 Å². The minimum absolute atomic E-state index is 0.0883. The summed E-state index contributed by atoms with van der Waals surface area (Å²) in [6.07, 6.45) is 18.5. The molecule has 0 radical (unpaired) electrons. The Morgan fingerprint density at radius 2 is 1.50 bits per heavy atom. The highest BCUT2D eigenvalue weighted by molar-refractivity contribution is 5.68. The Hall–Kier alpha value is -1.09. The zero-order valence-corrected chi connectivity index (χ0v) is 13.1. The molecule has 0 aliphatic carbocycles. The van der Waals surface area contributed by atoms with Gasteiger partial charge in [0.15, 0.2) is 0 Å². The number of carbonyl (C=O) groups is 1. The molecule has 0 aromatic heterocycles. The Labute approximate surface area is 124 Å². The van der Waals surface area contributed by atoms with Crippen LogP contribution in [0.3, 0.4) is 0 Å². The molecule has 0 atom stereocenters. The standard InChI is InChI=1S/C17H30O3/c1-19-16-14-12-10-8-6-4-3-5-7-9-11-13-15-17(18)20-2/h6,8,12,14H,3-5,7,9-11,13,15-16H2,1-2H3. The molecule has 0 saturated heterocycles.